The number of fused-ring (bicyclic) bond motifs is 6. The van der Waals surface area contributed by atoms with Gasteiger partial charge in [0, 0.05) is 69.4 Å². The van der Waals surface area contributed by atoms with Gasteiger partial charge < -0.3 is 4.57 Å². The summed E-state index contributed by atoms with van der Waals surface area (Å²) in [6.07, 6.45) is 15.3. The average molecular weight is 767 g/mol. The summed E-state index contributed by atoms with van der Waals surface area (Å²) in [4.78, 5) is 19.2. The number of benzene rings is 3. The highest BCUT2D eigenvalue weighted by atomic mass is 15.1. The van der Waals surface area contributed by atoms with Crippen LogP contribution in [-0.4, -0.2) is 29.1 Å². The summed E-state index contributed by atoms with van der Waals surface area (Å²) in [5.74, 6) is 0. The molecule has 6 nitrogen and oxygen atoms in total. The number of hydrogen-bond acceptors (Lipinski definition) is 4. The highest BCUT2D eigenvalue weighted by molar-refractivity contribution is 6.15. The zero-order chi connectivity index (χ0) is 40.3. The van der Waals surface area contributed by atoms with Crippen molar-refractivity contribution in [2.75, 3.05) is 0 Å². The van der Waals surface area contributed by atoms with Crippen molar-refractivity contribution in [3.05, 3.63) is 187 Å². The molecule has 0 bridgehead atoms. The maximum absolute atomic E-state index is 5.02. The number of hydrogen-bond donors (Lipinski definition) is 0. The second-order valence-corrected chi connectivity index (χ2v) is 14.2. The van der Waals surface area contributed by atoms with Crippen LogP contribution in [0.5, 0.6) is 0 Å². The summed E-state index contributed by atoms with van der Waals surface area (Å²) in [5.41, 5.74) is 16.7. The molecule has 0 spiro atoms. The highest BCUT2D eigenvalue weighted by Crippen LogP contribution is 2.44. The Morgan fingerprint density at radius 1 is 0.525 bits per heavy atom. The van der Waals surface area contributed by atoms with Crippen LogP contribution in [0.15, 0.2) is 164 Å². The Morgan fingerprint density at radius 3 is 1.92 bits per heavy atom. The first-order valence-electron chi connectivity index (χ1n) is 20.8. The summed E-state index contributed by atoms with van der Waals surface area (Å²) in [7, 11) is 0. The lowest BCUT2D eigenvalue weighted by molar-refractivity contribution is 0.892. The van der Waals surface area contributed by atoms with E-state index in [9.17, 15) is 0 Å². The van der Waals surface area contributed by atoms with Gasteiger partial charge >= 0.3 is 0 Å². The quantitative estimate of drug-likeness (QED) is 0.169. The highest BCUT2D eigenvalue weighted by Gasteiger charge is 2.26. The van der Waals surface area contributed by atoms with Crippen LogP contribution < -0.4 is 0 Å². The molecule has 0 N–H and O–H groups in total. The van der Waals surface area contributed by atoms with Gasteiger partial charge in [-0.3, -0.25) is 14.5 Å². The molecule has 6 aromatic heterocycles. The van der Waals surface area contributed by atoms with Crippen molar-refractivity contribution in [3.63, 3.8) is 0 Å². The normalized spacial score (nSPS) is 13.2. The number of aromatic nitrogens is 6. The van der Waals surface area contributed by atoms with E-state index in [1.165, 1.54) is 55.3 Å². The van der Waals surface area contributed by atoms with Gasteiger partial charge in [0.25, 0.3) is 0 Å². The predicted molar refractivity (Wildman–Crippen MR) is 247 cm³/mol. The zero-order valence-corrected chi connectivity index (χ0v) is 34.0. The Balaban J connectivity index is 0.00000109. The molecule has 9 aromatic rings. The third kappa shape index (κ3) is 6.66. The molecule has 59 heavy (non-hydrogen) atoms. The monoisotopic (exact) mass is 766 g/mol. The van der Waals surface area contributed by atoms with Gasteiger partial charge in [-0.1, -0.05) is 101 Å². The lowest BCUT2D eigenvalue weighted by Crippen LogP contribution is -2.06. The second-order valence-electron chi connectivity index (χ2n) is 14.2. The maximum atomic E-state index is 5.02. The van der Waals surface area contributed by atoms with Crippen molar-refractivity contribution < 1.29 is 0 Å². The van der Waals surface area contributed by atoms with Crippen LogP contribution in [0.25, 0.3) is 84.2 Å². The van der Waals surface area contributed by atoms with Gasteiger partial charge in [-0.25, -0.2) is 9.97 Å². The van der Waals surface area contributed by atoms with E-state index in [1.807, 2.05) is 82.7 Å². The first-order chi connectivity index (χ1) is 29.3. The third-order valence-electron chi connectivity index (χ3n) is 11.0. The van der Waals surface area contributed by atoms with Crippen LogP contribution in [-0.2, 0) is 6.42 Å². The van der Waals surface area contributed by atoms with Crippen LogP contribution in [0.1, 0.15) is 62.9 Å². The van der Waals surface area contributed by atoms with E-state index in [-0.39, 0.29) is 0 Å². The van der Waals surface area contributed by atoms with E-state index in [2.05, 4.69) is 134 Å². The van der Waals surface area contributed by atoms with E-state index in [4.69, 9.17) is 9.97 Å². The molecule has 0 amide bonds. The van der Waals surface area contributed by atoms with Crippen LogP contribution in [0.2, 0.25) is 0 Å². The minimum absolute atomic E-state index is 0.803. The van der Waals surface area contributed by atoms with Crippen molar-refractivity contribution >= 4 is 55.8 Å². The molecular formula is C53H46N6. The molecular weight excluding hydrogens is 721 g/mol. The molecule has 0 saturated carbocycles. The van der Waals surface area contributed by atoms with Gasteiger partial charge in [0.2, 0.25) is 0 Å². The van der Waals surface area contributed by atoms with Crippen LogP contribution in [0.4, 0.5) is 0 Å². The Bertz CT molecular complexity index is 2980. The largest absolute Gasteiger partial charge is 0.312 e. The molecule has 6 heterocycles. The van der Waals surface area contributed by atoms with E-state index in [0.29, 0.717) is 0 Å². The van der Waals surface area contributed by atoms with Gasteiger partial charge in [-0.2, -0.15) is 0 Å². The summed E-state index contributed by atoms with van der Waals surface area (Å²) < 4.78 is 4.86. The van der Waals surface area contributed by atoms with Crippen molar-refractivity contribution in [3.8, 4) is 28.5 Å². The SMILES string of the molecule is C1=C(c2cc(-c3ccccn3)nc(-c3ccccn3)c2)C=C(n2c3ccccc3c3cccc(C4=Cc5c(n(-c6ccccc6)c6ncccc56)CC4)c32)C1.CC.CC. The molecule has 288 valence electrons. The lowest BCUT2D eigenvalue weighted by atomic mass is 9.90. The fourth-order valence-electron chi connectivity index (χ4n) is 8.60. The molecule has 3 aromatic carbocycles. The van der Waals surface area contributed by atoms with E-state index in [1.54, 1.807) is 0 Å². The molecule has 2 aliphatic carbocycles. The lowest BCUT2D eigenvalue weighted by Gasteiger charge is -2.19. The summed E-state index contributed by atoms with van der Waals surface area (Å²) in [6.45, 7) is 8.00. The van der Waals surface area contributed by atoms with Gasteiger partial charge in [-0.15, -0.1) is 0 Å². The molecule has 11 rings (SSSR count). The van der Waals surface area contributed by atoms with Gasteiger partial charge in [0.1, 0.15) is 5.65 Å². The third-order valence-corrected chi connectivity index (χ3v) is 11.0. The Hall–Kier alpha value is -7.18. The van der Waals surface area contributed by atoms with Crippen molar-refractivity contribution in [2.45, 2.75) is 47.0 Å². The minimum atomic E-state index is 0.803. The number of allylic oxidation sites excluding steroid dienone is 5. The zero-order valence-electron chi connectivity index (χ0n) is 34.0. The maximum Gasteiger partial charge on any atom is 0.145 e. The minimum Gasteiger partial charge on any atom is -0.312 e. The molecule has 0 aliphatic heterocycles. The molecule has 0 saturated heterocycles. The summed E-state index contributed by atoms with van der Waals surface area (Å²) >= 11 is 0. The van der Waals surface area contributed by atoms with Crippen LogP contribution >= 0.6 is 0 Å². The fraction of sp³-hybridized carbons (Fsp3) is 0.132. The second kappa shape index (κ2) is 16.4. The first-order valence-corrected chi connectivity index (χ1v) is 20.8. The van der Waals surface area contributed by atoms with E-state index in [0.717, 1.165) is 64.5 Å². The number of rotatable bonds is 6. The Morgan fingerprint density at radius 2 is 1.19 bits per heavy atom. The van der Waals surface area contributed by atoms with Gasteiger partial charge in [0.15, 0.2) is 0 Å². The molecule has 0 atom stereocenters. The Labute approximate surface area is 345 Å². The van der Waals surface area contributed by atoms with Crippen molar-refractivity contribution in [2.24, 2.45) is 0 Å². The number of pyridine rings is 4. The molecule has 0 radical (unpaired) electrons. The molecule has 0 unspecified atom stereocenters. The first kappa shape index (κ1) is 37.4. The standard InChI is InChI=1S/C49H34N6.2C2H6/c1-2-12-35(13-3-1)55-47-24-22-33(29-41(47)40-17-11-27-52-49(40)55)37-15-10-16-39-38-14-4-5-20-46(38)54(48(37)39)36-23-21-32(28-36)34-30-44(42-18-6-8-25-50-42)53-45(31-34)43-19-7-9-26-51-43;2*1-2/h1-21,25-31H,22-24H2;2*1-2H3. The average Bonchev–Trinajstić information content (AvgIpc) is 4.04. The molecule has 0 fully saturated rings. The predicted octanol–water partition coefficient (Wildman–Crippen LogP) is 13.5. The van der Waals surface area contributed by atoms with Crippen molar-refractivity contribution in [1.29, 1.82) is 0 Å². The van der Waals surface area contributed by atoms with Gasteiger partial charge in [-0.05, 0) is 108 Å². The van der Waals surface area contributed by atoms with Gasteiger partial charge in [0.05, 0.1) is 33.8 Å². The van der Waals surface area contributed by atoms with Crippen LogP contribution in [0.3, 0.4) is 0 Å². The number of para-hydroxylation sites is 3. The number of nitrogens with zero attached hydrogens (tertiary/aromatic N) is 6. The summed E-state index contributed by atoms with van der Waals surface area (Å²) in [6, 6.07) is 46.7. The van der Waals surface area contributed by atoms with E-state index >= 15 is 0 Å². The van der Waals surface area contributed by atoms with Crippen molar-refractivity contribution in [1.82, 2.24) is 29.1 Å². The molecule has 6 heteroatoms. The van der Waals surface area contributed by atoms with Crippen LogP contribution in [0, 0.1) is 0 Å². The fourth-order valence-corrected chi connectivity index (χ4v) is 8.60. The smallest absolute Gasteiger partial charge is 0.145 e. The molecule has 2 aliphatic rings. The van der Waals surface area contributed by atoms with E-state index < -0.39 is 0 Å². The topological polar surface area (TPSA) is 61.4 Å². The summed E-state index contributed by atoms with van der Waals surface area (Å²) in [5, 5.41) is 3.71. The Kier molecular flexibility index (Phi) is 10.4.